The second-order valence-corrected chi connectivity index (χ2v) is 7.64. The summed E-state index contributed by atoms with van der Waals surface area (Å²) in [6.45, 7) is 2.02. The largest absolute Gasteiger partial charge is 0.494 e. The number of para-hydroxylation sites is 1. The standard InChI is InChI=1S/C22H18N4OS/c1-14-6-5-8-16(22(14)27-2)24-20-10-11-21-23-13-17(26(21)25-20)19-12-15-7-3-4-9-18(15)28-19/h3-13H,1-2H3,(H,24,25). The van der Waals surface area contributed by atoms with E-state index in [1.54, 1.807) is 18.4 Å². The lowest BCUT2D eigenvalue weighted by Crippen LogP contribution is -2.01. The van der Waals surface area contributed by atoms with Crippen LogP contribution in [-0.2, 0) is 0 Å². The van der Waals surface area contributed by atoms with Crippen molar-refractivity contribution in [2.24, 2.45) is 0 Å². The predicted molar refractivity (Wildman–Crippen MR) is 115 cm³/mol. The average Bonchev–Trinajstić information content (AvgIpc) is 3.31. The molecule has 0 fully saturated rings. The van der Waals surface area contributed by atoms with Gasteiger partial charge in [0.15, 0.2) is 11.5 Å². The molecule has 0 aliphatic heterocycles. The smallest absolute Gasteiger partial charge is 0.154 e. The SMILES string of the molecule is COc1c(C)cccc1Nc1ccc2ncc(-c3cc4ccccc4s3)n2n1. The zero-order valence-electron chi connectivity index (χ0n) is 15.5. The number of nitrogens with zero attached hydrogens (tertiary/aromatic N) is 3. The first kappa shape index (κ1) is 16.8. The molecule has 0 unspecified atom stereocenters. The van der Waals surface area contributed by atoms with Crippen molar-refractivity contribution in [1.29, 1.82) is 0 Å². The van der Waals surface area contributed by atoms with Gasteiger partial charge in [-0.15, -0.1) is 16.4 Å². The van der Waals surface area contributed by atoms with E-state index >= 15 is 0 Å². The first-order chi connectivity index (χ1) is 13.7. The molecule has 28 heavy (non-hydrogen) atoms. The number of methoxy groups -OCH3 is 1. The molecule has 5 aromatic rings. The van der Waals surface area contributed by atoms with Crippen LogP contribution in [0.2, 0.25) is 0 Å². The van der Waals surface area contributed by atoms with E-state index in [0.29, 0.717) is 0 Å². The number of aryl methyl sites for hydroxylation is 1. The number of nitrogens with one attached hydrogen (secondary N) is 1. The summed E-state index contributed by atoms with van der Waals surface area (Å²) in [5.74, 6) is 1.55. The molecule has 0 atom stereocenters. The van der Waals surface area contributed by atoms with Gasteiger partial charge in [-0.05, 0) is 48.2 Å². The van der Waals surface area contributed by atoms with E-state index in [-0.39, 0.29) is 0 Å². The molecule has 0 saturated heterocycles. The van der Waals surface area contributed by atoms with Crippen molar-refractivity contribution in [2.75, 3.05) is 12.4 Å². The van der Waals surface area contributed by atoms with Crippen LogP contribution in [0.3, 0.4) is 0 Å². The number of imidazole rings is 1. The third-order valence-electron chi connectivity index (χ3n) is 4.72. The van der Waals surface area contributed by atoms with E-state index in [1.165, 1.54) is 10.1 Å². The highest BCUT2D eigenvalue weighted by atomic mass is 32.1. The molecule has 0 spiro atoms. The first-order valence-corrected chi connectivity index (χ1v) is 9.79. The van der Waals surface area contributed by atoms with Gasteiger partial charge in [-0.2, -0.15) is 0 Å². The molecular weight excluding hydrogens is 368 g/mol. The highest BCUT2D eigenvalue weighted by molar-refractivity contribution is 7.22. The molecule has 0 aliphatic rings. The minimum atomic E-state index is 0.733. The molecular formula is C22H18N4OS. The van der Waals surface area contributed by atoms with Crippen molar-refractivity contribution in [1.82, 2.24) is 14.6 Å². The number of benzene rings is 2. The van der Waals surface area contributed by atoms with Crippen molar-refractivity contribution in [3.05, 3.63) is 72.4 Å². The average molecular weight is 386 g/mol. The molecule has 3 aromatic heterocycles. The Hall–Kier alpha value is -3.38. The number of thiophene rings is 1. The number of aromatic nitrogens is 3. The summed E-state index contributed by atoms with van der Waals surface area (Å²) in [6, 6.07) is 20.5. The number of hydrogen-bond acceptors (Lipinski definition) is 5. The van der Waals surface area contributed by atoms with Crippen LogP contribution in [0.4, 0.5) is 11.5 Å². The van der Waals surface area contributed by atoms with Gasteiger partial charge in [-0.25, -0.2) is 9.50 Å². The lowest BCUT2D eigenvalue weighted by Gasteiger charge is -2.12. The molecule has 0 radical (unpaired) electrons. The van der Waals surface area contributed by atoms with Crippen LogP contribution in [0.1, 0.15) is 5.56 Å². The molecule has 5 nitrogen and oxygen atoms in total. The summed E-state index contributed by atoms with van der Waals surface area (Å²) in [4.78, 5) is 5.66. The Morgan fingerprint density at radius 1 is 1.04 bits per heavy atom. The lowest BCUT2D eigenvalue weighted by molar-refractivity contribution is 0.413. The third-order valence-corrected chi connectivity index (χ3v) is 5.86. The Morgan fingerprint density at radius 3 is 2.79 bits per heavy atom. The van der Waals surface area contributed by atoms with Crippen LogP contribution >= 0.6 is 11.3 Å². The summed E-state index contributed by atoms with van der Waals surface area (Å²) < 4.78 is 8.68. The van der Waals surface area contributed by atoms with Crippen molar-refractivity contribution in [3.8, 4) is 16.3 Å². The van der Waals surface area contributed by atoms with Crippen molar-refractivity contribution in [2.45, 2.75) is 6.92 Å². The van der Waals surface area contributed by atoms with Crippen LogP contribution in [0, 0.1) is 6.92 Å². The molecule has 0 saturated carbocycles. The summed E-state index contributed by atoms with van der Waals surface area (Å²) >= 11 is 1.75. The van der Waals surface area contributed by atoms with Crippen molar-refractivity contribution in [3.63, 3.8) is 0 Å². The van der Waals surface area contributed by atoms with Gasteiger partial charge in [-0.1, -0.05) is 30.3 Å². The molecule has 5 rings (SSSR count). The fraction of sp³-hybridized carbons (Fsp3) is 0.0909. The number of fused-ring (bicyclic) bond motifs is 2. The topological polar surface area (TPSA) is 51.5 Å². The number of hydrogen-bond donors (Lipinski definition) is 1. The second kappa shape index (κ2) is 6.65. The summed E-state index contributed by atoms with van der Waals surface area (Å²) in [5.41, 5.74) is 3.75. The summed E-state index contributed by atoms with van der Waals surface area (Å²) in [5, 5.41) is 9.38. The molecule has 138 valence electrons. The Labute approximate surface area is 166 Å². The van der Waals surface area contributed by atoms with E-state index in [2.05, 4.69) is 40.6 Å². The molecule has 0 bridgehead atoms. The fourth-order valence-corrected chi connectivity index (χ4v) is 4.43. The number of anilines is 2. The quantitative estimate of drug-likeness (QED) is 0.432. The van der Waals surface area contributed by atoms with Gasteiger partial charge in [-0.3, -0.25) is 0 Å². The number of ether oxygens (including phenoxy) is 1. The lowest BCUT2D eigenvalue weighted by atomic mass is 10.2. The van der Waals surface area contributed by atoms with Gasteiger partial charge in [0.25, 0.3) is 0 Å². The Morgan fingerprint density at radius 2 is 1.93 bits per heavy atom. The zero-order valence-corrected chi connectivity index (χ0v) is 16.3. The third kappa shape index (κ3) is 2.78. The van der Waals surface area contributed by atoms with Crippen molar-refractivity contribution < 1.29 is 4.74 Å². The fourth-order valence-electron chi connectivity index (χ4n) is 3.38. The van der Waals surface area contributed by atoms with Crippen LogP contribution in [0.25, 0.3) is 26.3 Å². The molecule has 0 amide bonds. The molecule has 3 heterocycles. The molecule has 2 aromatic carbocycles. The predicted octanol–water partition coefficient (Wildman–Crippen LogP) is 5.67. The van der Waals surface area contributed by atoms with Crippen LogP contribution in [-0.4, -0.2) is 21.7 Å². The highest BCUT2D eigenvalue weighted by Gasteiger charge is 2.12. The first-order valence-electron chi connectivity index (χ1n) is 8.97. The van der Waals surface area contributed by atoms with Crippen LogP contribution in [0.15, 0.2) is 66.9 Å². The van der Waals surface area contributed by atoms with Gasteiger partial charge < -0.3 is 10.1 Å². The van der Waals surface area contributed by atoms with E-state index in [0.717, 1.165) is 39.0 Å². The molecule has 0 aliphatic carbocycles. The van der Waals surface area contributed by atoms with Crippen molar-refractivity contribution >= 4 is 38.6 Å². The van der Waals surface area contributed by atoms with Crippen LogP contribution in [0.5, 0.6) is 5.75 Å². The van der Waals surface area contributed by atoms with E-state index in [9.17, 15) is 0 Å². The Bertz CT molecular complexity index is 1270. The van der Waals surface area contributed by atoms with Gasteiger partial charge >= 0.3 is 0 Å². The van der Waals surface area contributed by atoms with E-state index in [1.807, 2.05) is 48.0 Å². The normalized spacial score (nSPS) is 11.2. The maximum atomic E-state index is 5.54. The number of rotatable bonds is 4. The summed E-state index contributed by atoms with van der Waals surface area (Å²) in [6.07, 6.45) is 1.88. The van der Waals surface area contributed by atoms with Crippen LogP contribution < -0.4 is 10.1 Å². The monoisotopic (exact) mass is 386 g/mol. The zero-order chi connectivity index (χ0) is 19.1. The van der Waals surface area contributed by atoms with Gasteiger partial charge in [0.1, 0.15) is 11.4 Å². The van der Waals surface area contributed by atoms with Gasteiger partial charge in [0, 0.05) is 4.70 Å². The maximum Gasteiger partial charge on any atom is 0.154 e. The molecule has 1 N–H and O–H groups in total. The Kier molecular flexibility index (Phi) is 3.98. The maximum absolute atomic E-state index is 5.54. The highest BCUT2D eigenvalue weighted by Crippen LogP contribution is 2.34. The minimum absolute atomic E-state index is 0.733. The van der Waals surface area contributed by atoms with E-state index < -0.39 is 0 Å². The molecule has 6 heteroatoms. The van der Waals surface area contributed by atoms with E-state index in [4.69, 9.17) is 9.84 Å². The summed E-state index contributed by atoms with van der Waals surface area (Å²) in [7, 11) is 1.68. The minimum Gasteiger partial charge on any atom is -0.494 e. The van der Waals surface area contributed by atoms with Gasteiger partial charge in [0.2, 0.25) is 0 Å². The van der Waals surface area contributed by atoms with Gasteiger partial charge in [0.05, 0.1) is 23.9 Å². The second-order valence-electron chi connectivity index (χ2n) is 6.56. The Balaban J connectivity index is 1.58.